The fourth-order valence-corrected chi connectivity index (χ4v) is 4.82. The summed E-state index contributed by atoms with van der Waals surface area (Å²) in [6, 6.07) is 16.6. The summed E-state index contributed by atoms with van der Waals surface area (Å²) < 4.78 is 28.5. The average molecular weight is 389 g/mol. The van der Waals surface area contributed by atoms with Gasteiger partial charge in [-0.3, -0.25) is 4.31 Å². The first-order valence-electron chi connectivity index (χ1n) is 9.80. The Kier molecular flexibility index (Phi) is 7.87. The lowest BCUT2D eigenvalue weighted by Crippen LogP contribution is -2.35. The fraction of sp³-hybridized carbons (Fsp3) is 0.455. The van der Waals surface area contributed by atoms with Gasteiger partial charge in [-0.25, -0.2) is 8.42 Å². The van der Waals surface area contributed by atoms with Crippen molar-refractivity contribution in [3.63, 3.8) is 0 Å². The van der Waals surface area contributed by atoms with E-state index in [9.17, 15) is 8.42 Å². The van der Waals surface area contributed by atoms with Crippen molar-refractivity contribution in [1.29, 1.82) is 0 Å². The largest absolute Gasteiger partial charge is 0.304 e. The fourth-order valence-electron chi connectivity index (χ4n) is 3.27. The number of rotatable bonds is 10. The van der Waals surface area contributed by atoms with Crippen molar-refractivity contribution in [2.45, 2.75) is 44.9 Å². The van der Waals surface area contributed by atoms with Crippen molar-refractivity contribution in [3.8, 4) is 0 Å². The van der Waals surface area contributed by atoms with E-state index in [0.29, 0.717) is 11.4 Å². The first-order chi connectivity index (χ1) is 12.9. The first-order valence-corrected chi connectivity index (χ1v) is 11.2. The number of hydrogen-bond donors (Lipinski definition) is 0. The van der Waals surface area contributed by atoms with Crippen LogP contribution < -0.4 is 4.31 Å². The van der Waals surface area contributed by atoms with E-state index in [0.717, 1.165) is 37.3 Å². The molecule has 0 amide bonds. The number of hydrogen-bond acceptors (Lipinski definition) is 3. The van der Waals surface area contributed by atoms with Crippen molar-refractivity contribution in [2.24, 2.45) is 0 Å². The van der Waals surface area contributed by atoms with Crippen molar-refractivity contribution in [1.82, 2.24) is 4.90 Å². The minimum atomic E-state index is -3.61. The van der Waals surface area contributed by atoms with Crippen molar-refractivity contribution in [2.75, 3.05) is 30.5 Å². The molecular formula is C22H32N2O2S. The molecule has 0 atom stereocenters. The van der Waals surface area contributed by atoms with Gasteiger partial charge in [-0.1, -0.05) is 64.1 Å². The predicted octanol–water partition coefficient (Wildman–Crippen LogP) is 4.74. The van der Waals surface area contributed by atoms with Crippen molar-refractivity contribution >= 4 is 15.7 Å². The molecule has 0 saturated carbocycles. The van der Waals surface area contributed by atoms with E-state index < -0.39 is 10.0 Å². The monoisotopic (exact) mass is 388 g/mol. The molecular weight excluding hydrogens is 356 g/mol. The van der Waals surface area contributed by atoms with Gasteiger partial charge in [0.15, 0.2) is 0 Å². The molecule has 5 heteroatoms. The Morgan fingerprint density at radius 2 is 1.44 bits per heavy atom. The van der Waals surface area contributed by atoms with E-state index >= 15 is 0 Å². The van der Waals surface area contributed by atoms with E-state index in [1.807, 2.05) is 30.3 Å². The minimum Gasteiger partial charge on any atom is -0.304 e. The highest BCUT2D eigenvalue weighted by molar-refractivity contribution is 7.92. The van der Waals surface area contributed by atoms with Gasteiger partial charge in [0.25, 0.3) is 10.0 Å². The summed E-state index contributed by atoms with van der Waals surface area (Å²) >= 11 is 0. The maximum atomic E-state index is 13.4. The first kappa shape index (κ1) is 21.5. The van der Waals surface area contributed by atoms with Crippen LogP contribution in [0, 0.1) is 0 Å². The lowest BCUT2D eigenvalue weighted by atomic mass is 10.0. The van der Waals surface area contributed by atoms with E-state index in [-0.39, 0.29) is 5.92 Å². The summed E-state index contributed by atoms with van der Waals surface area (Å²) in [4.78, 5) is 2.66. The third-order valence-corrected chi connectivity index (χ3v) is 6.72. The Morgan fingerprint density at radius 1 is 0.852 bits per heavy atom. The van der Waals surface area contributed by atoms with Crippen LogP contribution >= 0.6 is 0 Å². The second kappa shape index (κ2) is 9.90. The molecule has 0 heterocycles. The molecule has 2 rings (SSSR count). The Bertz CT molecular complexity index is 800. The van der Waals surface area contributed by atoms with E-state index in [1.54, 1.807) is 28.6 Å². The second-order valence-corrected chi connectivity index (χ2v) is 8.85. The Morgan fingerprint density at radius 3 is 2.04 bits per heavy atom. The number of para-hydroxylation sites is 1. The number of nitrogens with zero attached hydrogens (tertiary/aromatic N) is 2. The molecule has 2 aromatic carbocycles. The molecule has 0 bridgehead atoms. The highest BCUT2D eigenvalue weighted by Gasteiger charge is 2.26. The summed E-state index contributed by atoms with van der Waals surface area (Å²) in [6.45, 7) is 11.8. The van der Waals surface area contributed by atoms with Crippen LogP contribution in [-0.4, -0.2) is 39.5 Å². The maximum Gasteiger partial charge on any atom is 0.264 e. The summed E-state index contributed by atoms with van der Waals surface area (Å²) in [5, 5.41) is 0. The summed E-state index contributed by atoms with van der Waals surface area (Å²) in [5.41, 5.74) is 1.84. The molecule has 4 nitrogen and oxygen atoms in total. The van der Waals surface area contributed by atoms with Crippen LogP contribution in [0.25, 0.3) is 0 Å². The van der Waals surface area contributed by atoms with Gasteiger partial charge >= 0.3 is 0 Å². The van der Waals surface area contributed by atoms with Gasteiger partial charge < -0.3 is 4.90 Å². The molecule has 27 heavy (non-hydrogen) atoms. The molecule has 2 aromatic rings. The zero-order valence-corrected chi connectivity index (χ0v) is 17.7. The van der Waals surface area contributed by atoms with Gasteiger partial charge in [-0.2, -0.15) is 0 Å². The summed E-state index contributed by atoms with van der Waals surface area (Å²) in [6.07, 6.45) is 0.792. The smallest absolute Gasteiger partial charge is 0.264 e. The van der Waals surface area contributed by atoms with Crippen LogP contribution in [0.1, 0.15) is 45.6 Å². The lowest BCUT2D eigenvalue weighted by molar-refractivity contribution is 0.302. The van der Waals surface area contributed by atoms with Crippen LogP contribution in [0.4, 0.5) is 5.69 Å². The van der Waals surface area contributed by atoms with Gasteiger partial charge in [0, 0.05) is 6.54 Å². The van der Waals surface area contributed by atoms with Crippen molar-refractivity contribution in [3.05, 3.63) is 60.2 Å². The van der Waals surface area contributed by atoms with Crippen LogP contribution in [0.5, 0.6) is 0 Å². The SMILES string of the molecule is CCN(CC)CCCN(c1ccccc1C(C)C)S(=O)(=O)c1ccccc1. The normalized spacial score (nSPS) is 11.9. The van der Waals surface area contributed by atoms with Crippen LogP contribution in [0.2, 0.25) is 0 Å². The molecule has 0 spiro atoms. The third-order valence-electron chi connectivity index (χ3n) is 4.89. The van der Waals surface area contributed by atoms with E-state index in [1.165, 1.54) is 0 Å². The third kappa shape index (κ3) is 5.33. The minimum absolute atomic E-state index is 0.248. The molecule has 0 N–H and O–H groups in total. The number of sulfonamides is 1. The van der Waals surface area contributed by atoms with Gasteiger partial charge in [0.1, 0.15) is 0 Å². The molecule has 0 aliphatic carbocycles. The van der Waals surface area contributed by atoms with Gasteiger partial charge in [0.05, 0.1) is 10.6 Å². The molecule has 0 unspecified atom stereocenters. The molecule has 0 fully saturated rings. The van der Waals surface area contributed by atoms with Gasteiger partial charge in [-0.15, -0.1) is 0 Å². The highest BCUT2D eigenvalue weighted by atomic mass is 32.2. The quantitative estimate of drug-likeness (QED) is 0.590. The van der Waals surface area contributed by atoms with Crippen LogP contribution in [-0.2, 0) is 10.0 Å². The highest BCUT2D eigenvalue weighted by Crippen LogP contribution is 2.31. The molecule has 0 aromatic heterocycles. The van der Waals surface area contributed by atoms with Gasteiger partial charge in [-0.05, 0) is 55.7 Å². The van der Waals surface area contributed by atoms with Crippen LogP contribution in [0.15, 0.2) is 59.5 Å². The zero-order chi connectivity index (χ0) is 19.9. The number of anilines is 1. The number of benzene rings is 2. The summed E-state index contributed by atoms with van der Waals surface area (Å²) in [5.74, 6) is 0.248. The molecule has 0 aliphatic rings. The Balaban J connectivity index is 2.41. The van der Waals surface area contributed by atoms with Crippen molar-refractivity contribution < 1.29 is 8.42 Å². The van der Waals surface area contributed by atoms with Gasteiger partial charge in [0.2, 0.25) is 0 Å². The lowest BCUT2D eigenvalue weighted by Gasteiger charge is -2.29. The standard InChI is InChI=1S/C22H32N2O2S/c1-5-23(6-2)17-12-18-24(22-16-11-10-15-21(22)19(3)4)27(25,26)20-13-8-7-9-14-20/h7-11,13-16,19H,5-6,12,17-18H2,1-4H3. The van der Waals surface area contributed by atoms with E-state index in [2.05, 4.69) is 32.6 Å². The zero-order valence-electron chi connectivity index (χ0n) is 16.9. The second-order valence-electron chi connectivity index (χ2n) is 6.98. The summed E-state index contributed by atoms with van der Waals surface area (Å²) in [7, 11) is -3.61. The maximum absolute atomic E-state index is 13.4. The predicted molar refractivity (Wildman–Crippen MR) is 114 cm³/mol. The average Bonchev–Trinajstić information content (AvgIpc) is 2.68. The molecule has 0 saturated heterocycles. The molecule has 0 aliphatic heterocycles. The van der Waals surface area contributed by atoms with Crippen LogP contribution in [0.3, 0.4) is 0 Å². The van der Waals surface area contributed by atoms with E-state index in [4.69, 9.17) is 0 Å². The Labute approximate surface area is 164 Å². The molecule has 148 valence electrons. The Hall–Kier alpha value is -1.85. The molecule has 0 radical (unpaired) electrons. The topological polar surface area (TPSA) is 40.6 Å².